The summed E-state index contributed by atoms with van der Waals surface area (Å²) in [5.41, 5.74) is 0. The minimum atomic E-state index is -2.83. The molecule has 0 aromatic rings. The van der Waals surface area contributed by atoms with Crippen molar-refractivity contribution >= 4 is 5.78 Å². The van der Waals surface area contributed by atoms with E-state index in [1.807, 2.05) is 0 Å². The van der Waals surface area contributed by atoms with E-state index in [2.05, 4.69) is 5.32 Å². The molecule has 1 atom stereocenters. The number of hydrogen-bond acceptors (Lipinski definition) is 2. The third-order valence-corrected chi connectivity index (χ3v) is 1.64. The normalized spacial score (nSPS) is 30.5. The molecule has 0 aliphatic carbocycles. The number of hydrogen-bond donors (Lipinski definition) is 1. The van der Waals surface area contributed by atoms with Crippen LogP contribution in [0.2, 0.25) is 0 Å². The van der Waals surface area contributed by atoms with Gasteiger partial charge >= 0.3 is 0 Å². The lowest BCUT2D eigenvalue weighted by Gasteiger charge is -2.14. The molecule has 0 amide bonds. The van der Waals surface area contributed by atoms with Crippen molar-refractivity contribution in [3.8, 4) is 0 Å². The molecule has 10 heavy (non-hydrogen) atoms. The summed E-state index contributed by atoms with van der Waals surface area (Å²) in [4.78, 5) is 10.5. The molecule has 1 aliphatic heterocycles. The quantitative estimate of drug-likeness (QED) is 0.590. The van der Waals surface area contributed by atoms with E-state index in [9.17, 15) is 13.6 Å². The average Bonchev–Trinajstić information content (AvgIpc) is 2.08. The molecule has 58 valence electrons. The Morgan fingerprint density at radius 3 is 2.50 bits per heavy atom. The second-order valence-electron chi connectivity index (χ2n) is 2.51. The Morgan fingerprint density at radius 2 is 2.30 bits per heavy atom. The zero-order chi connectivity index (χ0) is 7.78. The summed E-state index contributed by atoms with van der Waals surface area (Å²) in [7, 11) is 0. The van der Waals surface area contributed by atoms with Crippen LogP contribution in [-0.4, -0.2) is 24.3 Å². The number of alkyl halides is 2. The van der Waals surface area contributed by atoms with Crippen LogP contribution in [0.4, 0.5) is 8.78 Å². The van der Waals surface area contributed by atoms with Crippen LogP contribution in [0.1, 0.15) is 13.3 Å². The van der Waals surface area contributed by atoms with Gasteiger partial charge in [-0.25, -0.2) is 8.78 Å². The van der Waals surface area contributed by atoms with Gasteiger partial charge in [0.2, 0.25) is 0 Å². The Balaban J connectivity index is 2.68. The van der Waals surface area contributed by atoms with Gasteiger partial charge in [-0.15, -0.1) is 0 Å². The lowest BCUT2D eigenvalue weighted by atomic mass is 10.1. The molecule has 0 aromatic heterocycles. The van der Waals surface area contributed by atoms with E-state index in [1.165, 1.54) is 6.92 Å². The summed E-state index contributed by atoms with van der Waals surface area (Å²) in [6.45, 7) is 1.41. The molecule has 0 aromatic carbocycles. The molecule has 1 heterocycles. The van der Waals surface area contributed by atoms with Gasteiger partial charge in [-0.3, -0.25) is 4.79 Å². The molecular weight excluding hydrogens is 140 g/mol. The minimum absolute atomic E-state index is 0.225. The highest BCUT2D eigenvalue weighted by molar-refractivity contribution is 5.82. The van der Waals surface area contributed by atoms with E-state index in [-0.39, 0.29) is 13.0 Å². The van der Waals surface area contributed by atoms with Crippen LogP contribution >= 0.6 is 0 Å². The highest BCUT2D eigenvalue weighted by Crippen LogP contribution is 2.27. The Morgan fingerprint density at radius 1 is 1.70 bits per heavy atom. The minimum Gasteiger partial charge on any atom is -0.302 e. The van der Waals surface area contributed by atoms with Crippen molar-refractivity contribution in [1.29, 1.82) is 0 Å². The monoisotopic (exact) mass is 149 g/mol. The summed E-state index contributed by atoms with van der Waals surface area (Å²) < 4.78 is 25.2. The van der Waals surface area contributed by atoms with Gasteiger partial charge in [0.25, 0.3) is 5.92 Å². The SMILES string of the molecule is CC(=O)C1NCCC1(F)F. The highest BCUT2D eigenvalue weighted by atomic mass is 19.3. The maximum Gasteiger partial charge on any atom is 0.271 e. The molecule has 1 saturated heterocycles. The van der Waals surface area contributed by atoms with Gasteiger partial charge in [-0.1, -0.05) is 0 Å². The molecule has 1 rings (SSSR count). The molecule has 1 aliphatic rings. The molecule has 2 nitrogen and oxygen atoms in total. The second-order valence-corrected chi connectivity index (χ2v) is 2.51. The number of nitrogens with one attached hydrogen (secondary N) is 1. The van der Waals surface area contributed by atoms with Crippen LogP contribution in [0.5, 0.6) is 0 Å². The van der Waals surface area contributed by atoms with Gasteiger partial charge in [0.15, 0.2) is 5.78 Å². The highest BCUT2D eigenvalue weighted by Gasteiger charge is 2.46. The van der Waals surface area contributed by atoms with Crippen molar-refractivity contribution in [3.63, 3.8) is 0 Å². The fourth-order valence-corrected chi connectivity index (χ4v) is 1.12. The smallest absolute Gasteiger partial charge is 0.271 e. The Labute approximate surface area is 57.6 Å². The van der Waals surface area contributed by atoms with Crippen molar-refractivity contribution in [3.05, 3.63) is 0 Å². The van der Waals surface area contributed by atoms with E-state index >= 15 is 0 Å². The molecule has 0 bridgehead atoms. The lowest BCUT2D eigenvalue weighted by molar-refractivity contribution is -0.126. The zero-order valence-corrected chi connectivity index (χ0v) is 5.66. The van der Waals surface area contributed by atoms with E-state index in [4.69, 9.17) is 0 Å². The Kier molecular flexibility index (Phi) is 1.72. The number of carbonyl (C=O) groups excluding carboxylic acids is 1. The van der Waals surface area contributed by atoms with Crippen LogP contribution in [0.3, 0.4) is 0 Å². The van der Waals surface area contributed by atoms with E-state index in [0.29, 0.717) is 0 Å². The van der Waals surface area contributed by atoms with Gasteiger partial charge in [-0.2, -0.15) is 0 Å². The van der Waals surface area contributed by atoms with Crippen LogP contribution < -0.4 is 5.32 Å². The Hall–Kier alpha value is -0.510. The van der Waals surface area contributed by atoms with Crippen molar-refractivity contribution in [2.75, 3.05) is 6.54 Å². The van der Waals surface area contributed by atoms with Gasteiger partial charge in [0, 0.05) is 13.0 Å². The molecular formula is C6H9F2NO. The van der Waals surface area contributed by atoms with Gasteiger partial charge in [0.1, 0.15) is 6.04 Å². The van der Waals surface area contributed by atoms with Crippen molar-refractivity contribution in [1.82, 2.24) is 5.32 Å². The summed E-state index contributed by atoms with van der Waals surface area (Å²) in [6.07, 6.45) is -0.225. The Bertz CT molecular complexity index is 158. The predicted octanol–water partition coefficient (Wildman–Crippen LogP) is 0.573. The van der Waals surface area contributed by atoms with Crippen LogP contribution in [-0.2, 0) is 4.79 Å². The van der Waals surface area contributed by atoms with E-state index in [0.717, 1.165) is 0 Å². The molecule has 0 spiro atoms. The van der Waals surface area contributed by atoms with Gasteiger partial charge in [0.05, 0.1) is 0 Å². The fraction of sp³-hybridized carbons (Fsp3) is 0.833. The predicted molar refractivity (Wildman–Crippen MR) is 32.0 cm³/mol. The fourth-order valence-electron chi connectivity index (χ4n) is 1.12. The third-order valence-electron chi connectivity index (χ3n) is 1.64. The first kappa shape index (κ1) is 7.60. The maximum absolute atomic E-state index is 12.6. The van der Waals surface area contributed by atoms with E-state index in [1.54, 1.807) is 0 Å². The number of rotatable bonds is 1. The molecule has 4 heteroatoms. The molecule has 0 radical (unpaired) electrons. The molecule has 1 unspecified atom stereocenters. The number of ketones is 1. The van der Waals surface area contributed by atoms with Crippen molar-refractivity contribution in [2.24, 2.45) is 0 Å². The van der Waals surface area contributed by atoms with Crippen molar-refractivity contribution < 1.29 is 13.6 Å². The molecule has 1 N–H and O–H groups in total. The van der Waals surface area contributed by atoms with Gasteiger partial charge in [-0.05, 0) is 6.92 Å². The first-order valence-corrected chi connectivity index (χ1v) is 3.16. The maximum atomic E-state index is 12.6. The van der Waals surface area contributed by atoms with Crippen LogP contribution in [0.15, 0.2) is 0 Å². The molecule has 0 saturated carbocycles. The van der Waals surface area contributed by atoms with Crippen LogP contribution in [0.25, 0.3) is 0 Å². The summed E-state index contributed by atoms with van der Waals surface area (Å²) >= 11 is 0. The number of halogens is 2. The third kappa shape index (κ3) is 1.16. The first-order chi connectivity index (χ1) is 4.54. The standard InChI is InChI=1S/C6H9F2NO/c1-4(10)5-6(7,8)2-3-9-5/h5,9H,2-3H2,1H3. The van der Waals surface area contributed by atoms with E-state index < -0.39 is 17.7 Å². The number of carbonyl (C=O) groups is 1. The van der Waals surface area contributed by atoms with Crippen molar-refractivity contribution in [2.45, 2.75) is 25.3 Å². The second kappa shape index (κ2) is 2.27. The first-order valence-electron chi connectivity index (χ1n) is 3.16. The van der Waals surface area contributed by atoms with Crippen LogP contribution in [0, 0.1) is 0 Å². The summed E-state index contributed by atoms with van der Waals surface area (Å²) in [6, 6.07) is -1.24. The molecule has 1 fully saturated rings. The largest absolute Gasteiger partial charge is 0.302 e. The average molecular weight is 149 g/mol. The van der Waals surface area contributed by atoms with Gasteiger partial charge < -0.3 is 5.32 Å². The summed E-state index contributed by atoms with van der Waals surface area (Å²) in [5.74, 6) is -3.31. The summed E-state index contributed by atoms with van der Waals surface area (Å²) in [5, 5.41) is 2.45. The topological polar surface area (TPSA) is 29.1 Å². The number of Topliss-reactive ketones (excluding diaryl/α,β-unsaturated/α-hetero) is 1. The lowest BCUT2D eigenvalue weighted by Crippen LogP contribution is -2.41. The zero-order valence-electron chi connectivity index (χ0n) is 5.66.